The van der Waals surface area contributed by atoms with E-state index >= 15 is 0 Å². The number of esters is 1. The van der Waals surface area contributed by atoms with Crippen LogP contribution in [0.3, 0.4) is 0 Å². The molecule has 0 saturated heterocycles. The highest BCUT2D eigenvalue weighted by molar-refractivity contribution is 6.32. The number of carbonyl (C=O) groups is 2. The molecule has 1 aliphatic carbocycles. The molecule has 0 spiro atoms. The van der Waals surface area contributed by atoms with Crippen molar-refractivity contribution in [1.29, 1.82) is 0 Å². The maximum atomic E-state index is 13.1. The lowest BCUT2D eigenvalue weighted by molar-refractivity contribution is -0.155. The molecule has 2 unspecified atom stereocenters. The van der Waals surface area contributed by atoms with Gasteiger partial charge in [-0.15, -0.1) is 0 Å². The third-order valence-corrected chi connectivity index (χ3v) is 5.87. The number of hydrogen-bond donors (Lipinski definition) is 1. The van der Waals surface area contributed by atoms with E-state index in [4.69, 9.17) is 16.3 Å². The lowest BCUT2D eigenvalue weighted by Crippen LogP contribution is -2.33. The molecule has 1 aromatic carbocycles. The van der Waals surface area contributed by atoms with Crippen molar-refractivity contribution in [2.75, 3.05) is 0 Å². The largest absolute Gasteiger partial charge is 0.460 e. The number of benzene rings is 1. The SMILES string of the molecule is CC(C)(C)OC(=O)CC1CCC(C(=O)NCc2cccc(C(F)(F)F)c2Cl)c2cccnc21. The number of halogens is 4. The third kappa shape index (κ3) is 6.25. The van der Waals surface area contributed by atoms with Crippen molar-refractivity contribution in [2.24, 2.45) is 0 Å². The van der Waals surface area contributed by atoms with Crippen LogP contribution < -0.4 is 5.32 Å². The lowest BCUT2D eigenvalue weighted by atomic mass is 9.77. The summed E-state index contributed by atoms with van der Waals surface area (Å²) in [5.41, 5.74) is 0.0426. The minimum absolute atomic E-state index is 0.130. The second-order valence-corrected chi connectivity index (χ2v) is 9.47. The van der Waals surface area contributed by atoms with Gasteiger partial charge in [0.05, 0.1) is 22.9 Å². The Balaban J connectivity index is 1.72. The predicted molar refractivity (Wildman–Crippen MR) is 118 cm³/mol. The first kappa shape index (κ1) is 25.0. The smallest absolute Gasteiger partial charge is 0.417 e. The second-order valence-electron chi connectivity index (χ2n) is 9.09. The Morgan fingerprint density at radius 3 is 2.55 bits per heavy atom. The molecule has 5 nitrogen and oxygen atoms in total. The van der Waals surface area contributed by atoms with Crippen molar-refractivity contribution in [2.45, 2.75) is 70.2 Å². The summed E-state index contributed by atoms with van der Waals surface area (Å²) in [5, 5.41) is 2.28. The van der Waals surface area contributed by atoms with E-state index in [0.717, 1.165) is 6.07 Å². The normalized spacial score (nSPS) is 18.4. The van der Waals surface area contributed by atoms with Crippen molar-refractivity contribution in [1.82, 2.24) is 10.3 Å². The average Bonchev–Trinajstić information content (AvgIpc) is 2.71. The van der Waals surface area contributed by atoms with Crippen LogP contribution in [0.5, 0.6) is 0 Å². The predicted octanol–water partition coefficient (Wildman–Crippen LogP) is 5.76. The summed E-state index contributed by atoms with van der Waals surface area (Å²) in [6, 6.07) is 7.13. The molecule has 33 heavy (non-hydrogen) atoms. The molecule has 3 rings (SSSR count). The van der Waals surface area contributed by atoms with Crippen LogP contribution in [0, 0.1) is 0 Å². The molecular weight excluding hydrogens is 457 g/mol. The van der Waals surface area contributed by atoms with Crippen molar-refractivity contribution < 1.29 is 27.5 Å². The second kappa shape index (κ2) is 9.71. The number of amides is 1. The molecule has 0 aliphatic heterocycles. The van der Waals surface area contributed by atoms with Gasteiger partial charge in [0.15, 0.2) is 0 Å². The number of fused-ring (bicyclic) bond motifs is 1. The summed E-state index contributed by atoms with van der Waals surface area (Å²) in [5.74, 6) is -1.34. The van der Waals surface area contributed by atoms with E-state index in [2.05, 4.69) is 10.3 Å². The Labute approximate surface area is 195 Å². The number of pyridine rings is 1. The van der Waals surface area contributed by atoms with Gasteiger partial charge in [-0.3, -0.25) is 14.6 Å². The summed E-state index contributed by atoms with van der Waals surface area (Å²) >= 11 is 5.93. The highest BCUT2D eigenvalue weighted by atomic mass is 35.5. The number of alkyl halides is 3. The van der Waals surface area contributed by atoms with Gasteiger partial charge in [-0.2, -0.15) is 13.2 Å². The molecule has 1 heterocycles. The lowest BCUT2D eigenvalue weighted by Gasteiger charge is -2.30. The van der Waals surface area contributed by atoms with Crippen molar-refractivity contribution in [3.05, 3.63) is 63.9 Å². The number of nitrogens with one attached hydrogen (secondary N) is 1. The zero-order chi connectivity index (χ0) is 24.4. The molecule has 2 atom stereocenters. The summed E-state index contributed by atoms with van der Waals surface area (Å²) in [6.07, 6.45) is -1.76. The number of aromatic nitrogens is 1. The zero-order valence-corrected chi connectivity index (χ0v) is 19.4. The monoisotopic (exact) mass is 482 g/mol. The standard InChI is InChI=1S/C24H26ClF3N2O3/c1-23(2,3)33-19(31)12-14-9-10-17(16-7-5-11-29-21(14)16)22(32)30-13-15-6-4-8-18(20(15)25)24(26,27)28/h4-8,11,14,17H,9-10,12-13H2,1-3H3,(H,30,32). The van der Waals surface area contributed by atoms with Gasteiger partial charge in [0.1, 0.15) is 5.60 Å². The molecule has 0 bridgehead atoms. The topological polar surface area (TPSA) is 68.3 Å². The van der Waals surface area contributed by atoms with Crippen LogP contribution in [0.2, 0.25) is 5.02 Å². The van der Waals surface area contributed by atoms with Crippen molar-refractivity contribution in [3.8, 4) is 0 Å². The van der Waals surface area contributed by atoms with E-state index in [-0.39, 0.29) is 36.3 Å². The number of rotatable bonds is 5. The van der Waals surface area contributed by atoms with Gasteiger partial charge >= 0.3 is 12.1 Å². The van der Waals surface area contributed by atoms with Gasteiger partial charge in [-0.05, 0) is 56.9 Å². The van der Waals surface area contributed by atoms with E-state index < -0.39 is 28.3 Å². The summed E-state index contributed by atoms with van der Waals surface area (Å²) in [6.45, 7) is 5.27. The quantitative estimate of drug-likeness (QED) is 0.550. The molecule has 1 aliphatic rings. The molecule has 0 fully saturated rings. The van der Waals surface area contributed by atoms with Crippen molar-refractivity contribution >= 4 is 23.5 Å². The fourth-order valence-corrected chi connectivity index (χ4v) is 4.32. The summed E-state index contributed by atoms with van der Waals surface area (Å²) in [4.78, 5) is 29.7. The van der Waals surface area contributed by atoms with E-state index in [1.165, 1.54) is 12.1 Å². The molecule has 0 radical (unpaired) electrons. The maximum absolute atomic E-state index is 13.1. The molecular formula is C24H26ClF3N2O3. The Hall–Kier alpha value is -2.61. The fourth-order valence-electron chi connectivity index (χ4n) is 4.02. The van der Waals surface area contributed by atoms with Gasteiger partial charge in [-0.25, -0.2) is 0 Å². The molecule has 2 aromatic rings. The molecule has 1 amide bonds. The molecule has 0 saturated carbocycles. The number of carbonyl (C=O) groups excluding carboxylic acids is 2. The van der Waals surface area contributed by atoms with Crippen LogP contribution in [0.4, 0.5) is 13.2 Å². The van der Waals surface area contributed by atoms with Gasteiger partial charge in [-0.1, -0.05) is 29.8 Å². The van der Waals surface area contributed by atoms with Crippen LogP contribution in [-0.2, 0) is 27.0 Å². The average molecular weight is 483 g/mol. The van der Waals surface area contributed by atoms with Gasteiger partial charge in [0.2, 0.25) is 5.91 Å². The zero-order valence-electron chi connectivity index (χ0n) is 18.6. The fraction of sp³-hybridized carbons (Fsp3) is 0.458. The minimum Gasteiger partial charge on any atom is -0.460 e. The van der Waals surface area contributed by atoms with E-state index in [1.807, 2.05) is 0 Å². The highest BCUT2D eigenvalue weighted by Crippen LogP contribution is 2.40. The summed E-state index contributed by atoms with van der Waals surface area (Å²) in [7, 11) is 0. The first-order valence-electron chi connectivity index (χ1n) is 10.7. The summed E-state index contributed by atoms with van der Waals surface area (Å²) < 4.78 is 44.7. The molecule has 1 N–H and O–H groups in total. The number of hydrogen-bond acceptors (Lipinski definition) is 4. The van der Waals surface area contributed by atoms with E-state index in [1.54, 1.807) is 39.1 Å². The minimum atomic E-state index is -4.58. The van der Waals surface area contributed by atoms with Crippen LogP contribution in [0.15, 0.2) is 36.5 Å². The third-order valence-electron chi connectivity index (χ3n) is 5.42. The highest BCUT2D eigenvalue weighted by Gasteiger charge is 2.35. The number of ether oxygens (including phenoxy) is 1. The molecule has 178 valence electrons. The Morgan fingerprint density at radius 1 is 1.15 bits per heavy atom. The van der Waals surface area contributed by atoms with Crippen LogP contribution >= 0.6 is 11.6 Å². The molecule has 9 heteroatoms. The van der Waals surface area contributed by atoms with Crippen LogP contribution in [0.25, 0.3) is 0 Å². The Kier molecular flexibility index (Phi) is 7.36. The van der Waals surface area contributed by atoms with Crippen LogP contribution in [-0.4, -0.2) is 22.5 Å². The van der Waals surface area contributed by atoms with Crippen molar-refractivity contribution in [3.63, 3.8) is 0 Å². The van der Waals surface area contributed by atoms with E-state index in [9.17, 15) is 22.8 Å². The van der Waals surface area contributed by atoms with Crippen LogP contribution in [0.1, 0.15) is 74.3 Å². The first-order valence-corrected chi connectivity index (χ1v) is 11.0. The first-order chi connectivity index (χ1) is 15.4. The Bertz CT molecular complexity index is 1030. The Morgan fingerprint density at radius 2 is 1.88 bits per heavy atom. The maximum Gasteiger partial charge on any atom is 0.417 e. The van der Waals surface area contributed by atoms with Gasteiger partial charge < -0.3 is 10.1 Å². The van der Waals surface area contributed by atoms with Gasteiger partial charge in [0, 0.05) is 24.4 Å². The van der Waals surface area contributed by atoms with E-state index in [0.29, 0.717) is 24.1 Å². The van der Waals surface area contributed by atoms with Gasteiger partial charge in [0.25, 0.3) is 0 Å². The molecule has 1 aromatic heterocycles. The number of nitrogens with zero attached hydrogens (tertiary/aromatic N) is 1.